The van der Waals surface area contributed by atoms with Gasteiger partial charge in [-0.15, -0.1) is 5.10 Å². The van der Waals surface area contributed by atoms with Crippen LogP contribution in [-0.2, 0) is 4.79 Å². The predicted octanol–water partition coefficient (Wildman–Crippen LogP) is 4.03. The molecule has 36 heavy (non-hydrogen) atoms. The first-order valence-electron chi connectivity index (χ1n) is 13.6. The molecular weight excluding hydrogens is 450 g/mol. The van der Waals surface area contributed by atoms with Crippen LogP contribution in [0.3, 0.4) is 0 Å². The highest BCUT2D eigenvalue weighted by molar-refractivity contribution is 5.92. The number of piperidine rings is 1. The number of para-hydroxylation sites is 1. The van der Waals surface area contributed by atoms with E-state index in [1.165, 1.54) is 38.8 Å². The number of aryl methyl sites for hydroxylation is 2. The largest absolute Gasteiger partial charge is 0.356 e. The zero-order valence-electron chi connectivity index (χ0n) is 21.7. The Kier molecular flexibility index (Phi) is 7.80. The van der Waals surface area contributed by atoms with Crippen LogP contribution in [-0.4, -0.2) is 70.1 Å². The Balaban J connectivity index is 1.18. The van der Waals surface area contributed by atoms with Gasteiger partial charge in [-0.25, -0.2) is 4.68 Å². The molecule has 8 nitrogen and oxygen atoms in total. The summed E-state index contributed by atoms with van der Waals surface area (Å²) in [6.07, 6.45) is 8.04. The molecule has 1 amide bonds. The zero-order chi connectivity index (χ0) is 24.9. The molecule has 2 aromatic heterocycles. The quantitative estimate of drug-likeness (QED) is 0.505. The van der Waals surface area contributed by atoms with Crippen LogP contribution in [0.1, 0.15) is 56.3 Å². The lowest BCUT2D eigenvalue weighted by Crippen LogP contribution is -2.41. The van der Waals surface area contributed by atoms with Crippen molar-refractivity contribution in [1.29, 1.82) is 0 Å². The van der Waals surface area contributed by atoms with E-state index in [1.54, 1.807) is 0 Å². The highest BCUT2D eigenvalue weighted by Gasteiger charge is 2.28. The van der Waals surface area contributed by atoms with E-state index < -0.39 is 0 Å². The molecule has 1 aromatic carbocycles. The van der Waals surface area contributed by atoms with E-state index in [2.05, 4.69) is 44.4 Å². The summed E-state index contributed by atoms with van der Waals surface area (Å²) in [5.41, 5.74) is 3.88. The number of amides is 1. The van der Waals surface area contributed by atoms with Gasteiger partial charge in [-0.05, 0) is 77.7 Å². The average Bonchev–Trinajstić information content (AvgIpc) is 3.07. The van der Waals surface area contributed by atoms with Gasteiger partial charge in [0.2, 0.25) is 5.91 Å². The van der Waals surface area contributed by atoms with Gasteiger partial charge in [0.25, 0.3) is 0 Å². The van der Waals surface area contributed by atoms with Gasteiger partial charge in [-0.2, -0.15) is 10.2 Å². The summed E-state index contributed by atoms with van der Waals surface area (Å²) in [4.78, 5) is 17.6. The second-order valence-corrected chi connectivity index (χ2v) is 10.3. The molecule has 0 unspecified atom stereocenters. The number of benzene rings is 1. The maximum absolute atomic E-state index is 12.8. The second kappa shape index (κ2) is 11.4. The minimum absolute atomic E-state index is 0.0666. The molecule has 5 rings (SSSR count). The Morgan fingerprint density at radius 2 is 1.69 bits per heavy atom. The number of rotatable bonds is 7. The van der Waals surface area contributed by atoms with E-state index in [1.807, 2.05) is 29.8 Å². The molecule has 8 heteroatoms. The third kappa shape index (κ3) is 5.38. The van der Waals surface area contributed by atoms with E-state index in [0.717, 1.165) is 79.2 Å². The smallest absolute Gasteiger partial charge is 0.223 e. The summed E-state index contributed by atoms with van der Waals surface area (Å²) in [6, 6.07) is 10.2. The fourth-order valence-electron chi connectivity index (χ4n) is 5.72. The number of hydrogen-bond donors (Lipinski definition) is 1. The number of fused-ring (bicyclic) bond motifs is 1. The molecule has 1 N–H and O–H groups in total. The van der Waals surface area contributed by atoms with Crippen LogP contribution in [0.15, 0.2) is 30.3 Å². The normalized spacial score (nSPS) is 17.9. The SMILES string of the molecule is Cc1nnc(N2CCC(C(=O)NCCCN3CCCCCC3)CC2)c2nn(-c3ccccc3)c(C)c12. The molecule has 4 heterocycles. The standard InChI is InChI=1S/C28H39N7O/c1-21-25-22(2)35(24-11-6-5-7-12-24)32-26(25)27(31-30-21)34-19-13-23(14-20-34)28(36)29-15-10-18-33-16-8-3-4-9-17-33/h5-7,11-12,23H,3-4,8-10,13-20H2,1-2H3,(H,29,36). The Morgan fingerprint density at radius 3 is 2.42 bits per heavy atom. The Hall–Kier alpha value is -3.00. The van der Waals surface area contributed by atoms with Crippen molar-refractivity contribution in [1.82, 2.24) is 30.2 Å². The van der Waals surface area contributed by atoms with Gasteiger partial charge in [0, 0.05) is 25.6 Å². The zero-order valence-corrected chi connectivity index (χ0v) is 21.7. The Morgan fingerprint density at radius 1 is 0.972 bits per heavy atom. The fraction of sp³-hybridized carbons (Fsp3) is 0.571. The molecule has 2 fully saturated rings. The van der Waals surface area contributed by atoms with Crippen LogP contribution in [0.25, 0.3) is 16.6 Å². The maximum atomic E-state index is 12.8. The summed E-state index contributed by atoms with van der Waals surface area (Å²) >= 11 is 0. The minimum Gasteiger partial charge on any atom is -0.356 e. The Bertz CT molecular complexity index is 1160. The highest BCUT2D eigenvalue weighted by atomic mass is 16.1. The minimum atomic E-state index is 0.0666. The van der Waals surface area contributed by atoms with E-state index in [9.17, 15) is 4.79 Å². The lowest BCUT2D eigenvalue weighted by atomic mass is 9.95. The van der Waals surface area contributed by atoms with Crippen molar-refractivity contribution in [2.75, 3.05) is 44.2 Å². The van der Waals surface area contributed by atoms with Crippen molar-refractivity contribution in [3.63, 3.8) is 0 Å². The number of carbonyl (C=O) groups excluding carboxylic acids is 1. The number of nitrogens with one attached hydrogen (secondary N) is 1. The molecule has 0 aliphatic carbocycles. The summed E-state index contributed by atoms with van der Waals surface area (Å²) in [6.45, 7) is 9.95. The van der Waals surface area contributed by atoms with Crippen molar-refractivity contribution in [3.05, 3.63) is 41.7 Å². The lowest BCUT2D eigenvalue weighted by Gasteiger charge is -2.32. The van der Waals surface area contributed by atoms with E-state index in [0.29, 0.717) is 0 Å². The fourth-order valence-corrected chi connectivity index (χ4v) is 5.72. The van der Waals surface area contributed by atoms with Crippen molar-refractivity contribution in [2.24, 2.45) is 5.92 Å². The average molecular weight is 490 g/mol. The summed E-state index contributed by atoms with van der Waals surface area (Å²) in [7, 11) is 0. The van der Waals surface area contributed by atoms with Crippen molar-refractivity contribution >= 4 is 22.6 Å². The molecular formula is C28H39N7O. The van der Waals surface area contributed by atoms with Gasteiger partial charge >= 0.3 is 0 Å². The Labute approximate surface area is 214 Å². The third-order valence-corrected chi connectivity index (χ3v) is 7.80. The van der Waals surface area contributed by atoms with Crippen LogP contribution in [0.4, 0.5) is 5.82 Å². The summed E-state index contributed by atoms with van der Waals surface area (Å²) in [5.74, 6) is 1.09. The maximum Gasteiger partial charge on any atom is 0.223 e. The molecule has 2 aliphatic heterocycles. The van der Waals surface area contributed by atoms with E-state index in [4.69, 9.17) is 5.10 Å². The predicted molar refractivity (Wildman–Crippen MR) is 144 cm³/mol. The van der Waals surface area contributed by atoms with Crippen LogP contribution in [0.5, 0.6) is 0 Å². The van der Waals surface area contributed by atoms with Gasteiger partial charge < -0.3 is 15.1 Å². The first kappa shape index (κ1) is 24.7. The van der Waals surface area contributed by atoms with Crippen molar-refractivity contribution < 1.29 is 4.79 Å². The van der Waals surface area contributed by atoms with Crippen molar-refractivity contribution in [3.8, 4) is 5.69 Å². The lowest BCUT2D eigenvalue weighted by molar-refractivity contribution is -0.125. The number of anilines is 1. The van der Waals surface area contributed by atoms with Crippen molar-refractivity contribution in [2.45, 2.75) is 58.8 Å². The molecule has 0 bridgehead atoms. The number of likely N-dealkylation sites (tertiary alicyclic amines) is 1. The van der Waals surface area contributed by atoms with Crippen LogP contribution >= 0.6 is 0 Å². The first-order chi connectivity index (χ1) is 17.6. The number of carbonyl (C=O) groups is 1. The first-order valence-corrected chi connectivity index (χ1v) is 13.6. The van der Waals surface area contributed by atoms with Gasteiger partial charge in [0.15, 0.2) is 5.82 Å². The van der Waals surface area contributed by atoms with Gasteiger partial charge in [-0.3, -0.25) is 4.79 Å². The molecule has 2 saturated heterocycles. The van der Waals surface area contributed by atoms with Gasteiger partial charge in [-0.1, -0.05) is 31.0 Å². The van der Waals surface area contributed by atoms with Gasteiger partial charge in [0.05, 0.1) is 22.5 Å². The molecule has 3 aromatic rings. The van der Waals surface area contributed by atoms with E-state index >= 15 is 0 Å². The number of aromatic nitrogens is 4. The van der Waals surface area contributed by atoms with Crippen LogP contribution in [0, 0.1) is 19.8 Å². The van der Waals surface area contributed by atoms with Crippen LogP contribution < -0.4 is 10.2 Å². The third-order valence-electron chi connectivity index (χ3n) is 7.80. The van der Waals surface area contributed by atoms with Crippen LogP contribution in [0.2, 0.25) is 0 Å². The molecule has 0 atom stereocenters. The summed E-state index contributed by atoms with van der Waals surface area (Å²) < 4.78 is 1.98. The summed E-state index contributed by atoms with van der Waals surface area (Å²) in [5, 5.41) is 18.2. The molecule has 0 spiro atoms. The topological polar surface area (TPSA) is 79.2 Å². The van der Waals surface area contributed by atoms with Gasteiger partial charge in [0.1, 0.15) is 5.52 Å². The molecule has 2 aliphatic rings. The molecule has 192 valence electrons. The number of hydrogen-bond acceptors (Lipinski definition) is 6. The second-order valence-electron chi connectivity index (χ2n) is 10.3. The molecule has 0 radical (unpaired) electrons. The molecule has 0 saturated carbocycles. The van der Waals surface area contributed by atoms with E-state index in [-0.39, 0.29) is 11.8 Å². The monoisotopic (exact) mass is 489 g/mol. The number of nitrogens with zero attached hydrogens (tertiary/aromatic N) is 6. The highest BCUT2D eigenvalue weighted by Crippen LogP contribution is 2.31.